The molecule has 0 saturated carbocycles. The number of rotatable bonds is 17. The maximum Gasteiger partial charge on any atom is 0.325 e. The van der Waals surface area contributed by atoms with Crippen LogP contribution in [0.4, 0.5) is 0 Å². The first-order valence-corrected chi connectivity index (χ1v) is 13.2. The van der Waals surface area contributed by atoms with E-state index < -0.39 is 5.97 Å². The minimum absolute atomic E-state index is 0.0845. The van der Waals surface area contributed by atoms with E-state index in [1.165, 1.54) is 13.2 Å². The number of ether oxygens (including phenoxy) is 3. The first-order valence-electron chi connectivity index (χ1n) is 13.2. The zero-order valence-electron chi connectivity index (χ0n) is 24.0. The van der Waals surface area contributed by atoms with Crippen LogP contribution in [0.25, 0.3) is 6.08 Å². The average molecular weight is 541 g/mol. The zero-order valence-corrected chi connectivity index (χ0v) is 24.0. The number of esters is 1. The standard InChI is InChI=1S/C31H44N2O6/c1-23(21-29(35)32-20-12-8-11-15-28(34)33-22-30(36)38-5)16-17-24(2)31(39-6)25(3)27(37-4)19-18-26-13-9-7-10-14-26/h7,9-10,12-14,16-21,24-25,27,31H,8,11,15,22H2,1-6H3,(H,32,35)(H,33,34)/t24-,25+,27-,31-/m1/s1. The lowest BCUT2D eigenvalue weighted by molar-refractivity contribution is -0.141. The highest BCUT2D eigenvalue weighted by Gasteiger charge is 2.27. The molecule has 0 saturated heterocycles. The summed E-state index contributed by atoms with van der Waals surface area (Å²) in [6.45, 7) is 5.93. The van der Waals surface area contributed by atoms with Crippen molar-refractivity contribution in [2.24, 2.45) is 11.8 Å². The molecular formula is C31H44N2O6. The maximum absolute atomic E-state index is 12.2. The Hall–Kier alpha value is -3.49. The van der Waals surface area contributed by atoms with Crippen molar-refractivity contribution < 1.29 is 28.6 Å². The Balaban J connectivity index is 2.52. The number of nitrogens with one attached hydrogen (secondary N) is 2. The molecule has 39 heavy (non-hydrogen) atoms. The summed E-state index contributed by atoms with van der Waals surface area (Å²) >= 11 is 0. The molecular weight excluding hydrogens is 496 g/mol. The fraction of sp³-hybridized carbons (Fsp3) is 0.452. The maximum atomic E-state index is 12.2. The van der Waals surface area contributed by atoms with Crippen LogP contribution >= 0.6 is 0 Å². The average Bonchev–Trinajstić information content (AvgIpc) is 2.93. The summed E-state index contributed by atoms with van der Waals surface area (Å²) in [5, 5.41) is 5.18. The van der Waals surface area contributed by atoms with Gasteiger partial charge in [-0.3, -0.25) is 14.4 Å². The van der Waals surface area contributed by atoms with Gasteiger partial charge in [0.15, 0.2) is 0 Å². The Kier molecular flexibility index (Phi) is 16.8. The Bertz CT molecular complexity index is 1000. The molecule has 0 heterocycles. The lowest BCUT2D eigenvalue weighted by atomic mass is 9.88. The molecule has 8 nitrogen and oxygen atoms in total. The van der Waals surface area contributed by atoms with Crippen molar-refractivity contribution in [2.75, 3.05) is 27.9 Å². The first kappa shape index (κ1) is 33.5. The second-order valence-corrected chi connectivity index (χ2v) is 9.29. The predicted octanol–water partition coefficient (Wildman–Crippen LogP) is 4.59. The molecule has 214 valence electrons. The Morgan fingerprint density at radius 1 is 1.00 bits per heavy atom. The fourth-order valence-electron chi connectivity index (χ4n) is 3.98. The summed E-state index contributed by atoms with van der Waals surface area (Å²) in [4.78, 5) is 34.8. The van der Waals surface area contributed by atoms with Gasteiger partial charge in [-0.2, -0.15) is 0 Å². The summed E-state index contributed by atoms with van der Waals surface area (Å²) in [7, 11) is 4.67. The van der Waals surface area contributed by atoms with E-state index in [1.54, 1.807) is 26.5 Å². The van der Waals surface area contributed by atoms with Gasteiger partial charge in [-0.25, -0.2) is 0 Å². The highest BCUT2D eigenvalue weighted by molar-refractivity contribution is 5.89. The van der Waals surface area contributed by atoms with Gasteiger partial charge in [0, 0.05) is 44.8 Å². The van der Waals surface area contributed by atoms with Crippen LogP contribution in [0.1, 0.15) is 45.6 Å². The third-order valence-electron chi connectivity index (χ3n) is 6.17. The van der Waals surface area contributed by atoms with Gasteiger partial charge in [-0.05, 0) is 30.9 Å². The van der Waals surface area contributed by atoms with E-state index in [0.717, 1.165) is 11.1 Å². The molecule has 0 aliphatic heterocycles. The summed E-state index contributed by atoms with van der Waals surface area (Å²) in [6, 6.07) is 10.1. The molecule has 2 N–H and O–H groups in total. The molecule has 8 heteroatoms. The molecule has 0 fully saturated rings. The van der Waals surface area contributed by atoms with Gasteiger partial charge in [0.05, 0.1) is 19.3 Å². The number of unbranched alkanes of at least 4 members (excludes halogenated alkanes) is 1. The monoisotopic (exact) mass is 540 g/mol. The fourth-order valence-corrected chi connectivity index (χ4v) is 3.98. The second kappa shape index (κ2) is 19.6. The summed E-state index contributed by atoms with van der Waals surface area (Å²) in [5.74, 6) is -0.763. The van der Waals surface area contributed by atoms with E-state index in [1.807, 2.05) is 49.4 Å². The van der Waals surface area contributed by atoms with Crippen molar-refractivity contribution in [3.8, 4) is 0 Å². The Morgan fingerprint density at radius 3 is 2.36 bits per heavy atom. The Labute approximate surface area is 233 Å². The number of hydrogen-bond donors (Lipinski definition) is 2. The summed E-state index contributed by atoms with van der Waals surface area (Å²) in [6.07, 6.45) is 14.3. The quantitative estimate of drug-likeness (QED) is 0.130. The second-order valence-electron chi connectivity index (χ2n) is 9.29. The largest absolute Gasteiger partial charge is 0.468 e. The minimum atomic E-state index is -0.488. The van der Waals surface area contributed by atoms with Crippen molar-refractivity contribution >= 4 is 23.9 Å². The highest BCUT2D eigenvalue weighted by atomic mass is 16.5. The lowest BCUT2D eigenvalue weighted by Gasteiger charge is -2.30. The van der Waals surface area contributed by atoms with Crippen molar-refractivity contribution in [3.05, 3.63) is 78.0 Å². The van der Waals surface area contributed by atoms with Gasteiger partial charge < -0.3 is 24.8 Å². The van der Waals surface area contributed by atoms with Crippen molar-refractivity contribution in [1.29, 1.82) is 0 Å². The number of carbonyl (C=O) groups excluding carboxylic acids is 3. The van der Waals surface area contributed by atoms with Crippen LogP contribution in [0.5, 0.6) is 0 Å². The molecule has 4 atom stereocenters. The third kappa shape index (κ3) is 14.3. The van der Waals surface area contributed by atoms with E-state index in [9.17, 15) is 14.4 Å². The van der Waals surface area contributed by atoms with Gasteiger partial charge in [0.25, 0.3) is 0 Å². The summed E-state index contributed by atoms with van der Waals surface area (Å²) < 4.78 is 16.0. The van der Waals surface area contributed by atoms with Crippen LogP contribution in [0.15, 0.2) is 72.5 Å². The lowest BCUT2D eigenvalue weighted by Crippen LogP contribution is -2.35. The number of carbonyl (C=O) groups is 3. The molecule has 0 radical (unpaired) electrons. The van der Waals surface area contributed by atoms with Crippen LogP contribution in [-0.2, 0) is 28.6 Å². The normalized spacial score (nSPS) is 15.3. The topological polar surface area (TPSA) is 103 Å². The molecule has 0 unspecified atom stereocenters. The van der Waals surface area contributed by atoms with Gasteiger partial charge in [0.1, 0.15) is 6.54 Å². The van der Waals surface area contributed by atoms with Crippen molar-refractivity contribution in [2.45, 2.75) is 52.2 Å². The molecule has 2 amide bonds. The molecule has 0 aliphatic rings. The number of amides is 2. The minimum Gasteiger partial charge on any atom is -0.468 e. The SMILES string of the molecule is COC(=O)CNC(=O)CCCC=CNC(=O)C=C(C)C=C[C@@H](C)[C@@H](OC)[C@@H](C)[C@@H](C=Cc1ccccc1)OC. The van der Waals surface area contributed by atoms with Gasteiger partial charge in [-0.15, -0.1) is 0 Å². The van der Waals surface area contributed by atoms with Crippen LogP contribution in [-0.4, -0.2) is 57.9 Å². The molecule has 0 bridgehead atoms. The van der Waals surface area contributed by atoms with E-state index >= 15 is 0 Å². The predicted molar refractivity (Wildman–Crippen MR) is 154 cm³/mol. The molecule has 0 aliphatic carbocycles. The van der Waals surface area contributed by atoms with E-state index in [4.69, 9.17) is 9.47 Å². The molecule has 0 aromatic heterocycles. The number of benzene rings is 1. The number of allylic oxidation sites excluding steroid dienone is 3. The number of methoxy groups -OCH3 is 3. The van der Waals surface area contributed by atoms with Crippen LogP contribution in [0.2, 0.25) is 0 Å². The van der Waals surface area contributed by atoms with Gasteiger partial charge >= 0.3 is 5.97 Å². The highest BCUT2D eigenvalue weighted by Crippen LogP contribution is 2.24. The van der Waals surface area contributed by atoms with Crippen LogP contribution < -0.4 is 10.6 Å². The van der Waals surface area contributed by atoms with Gasteiger partial charge in [-0.1, -0.05) is 74.6 Å². The van der Waals surface area contributed by atoms with E-state index in [0.29, 0.717) is 12.8 Å². The molecule has 1 aromatic carbocycles. The van der Waals surface area contributed by atoms with E-state index in [2.05, 4.69) is 41.4 Å². The van der Waals surface area contributed by atoms with Crippen LogP contribution in [0.3, 0.4) is 0 Å². The number of hydrogen-bond acceptors (Lipinski definition) is 6. The molecule has 1 aromatic rings. The Morgan fingerprint density at radius 2 is 1.72 bits per heavy atom. The summed E-state index contributed by atoms with van der Waals surface area (Å²) in [5.41, 5.74) is 1.92. The van der Waals surface area contributed by atoms with Crippen molar-refractivity contribution in [1.82, 2.24) is 10.6 Å². The molecule has 0 spiro atoms. The van der Waals surface area contributed by atoms with Gasteiger partial charge in [0.2, 0.25) is 11.8 Å². The zero-order chi connectivity index (χ0) is 29.0. The third-order valence-corrected chi connectivity index (χ3v) is 6.17. The van der Waals surface area contributed by atoms with Crippen molar-refractivity contribution in [3.63, 3.8) is 0 Å². The smallest absolute Gasteiger partial charge is 0.325 e. The first-order chi connectivity index (χ1) is 18.7. The van der Waals surface area contributed by atoms with E-state index in [-0.39, 0.29) is 48.8 Å². The molecule has 1 rings (SSSR count). The van der Waals surface area contributed by atoms with Crippen LogP contribution in [0, 0.1) is 11.8 Å².